The molecule has 1 aromatic rings. The van der Waals surface area contributed by atoms with Crippen molar-refractivity contribution in [2.75, 3.05) is 0 Å². The number of hydrogen-bond donors (Lipinski definition) is 1. The van der Waals surface area contributed by atoms with Gasteiger partial charge in [0.1, 0.15) is 0 Å². The Balaban J connectivity index is 2.00. The second-order valence-corrected chi connectivity index (χ2v) is 6.09. The highest BCUT2D eigenvalue weighted by Gasteiger charge is 2.19. The minimum Gasteiger partial charge on any atom is -0.307 e. The molecule has 1 unspecified atom stereocenters. The van der Waals surface area contributed by atoms with Gasteiger partial charge in [0.25, 0.3) is 0 Å². The Labute approximate surface area is 112 Å². The van der Waals surface area contributed by atoms with Crippen LogP contribution in [0.15, 0.2) is 30.3 Å². The molecule has 0 aromatic heterocycles. The van der Waals surface area contributed by atoms with Crippen molar-refractivity contribution >= 4 is 0 Å². The maximum atomic E-state index is 3.90. The highest BCUT2D eigenvalue weighted by atomic mass is 15.0. The van der Waals surface area contributed by atoms with Crippen LogP contribution in [0.2, 0.25) is 0 Å². The van der Waals surface area contributed by atoms with Gasteiger partial charge in [-0.2, -0.15) is 0 Å². The molecule has 0 radical (unpaired) electrons. The van der Waals surface area contributed by atoms with E-state index in [0.29, 0.717) is 6.04 Å². The molecule has 1 aliphatic carbocycles. The van der Waals surface area contributed by atoms with Crippen LogP contribution < -0.4 is 5.32 Å². The van der Waals surface area contributed by atoms with Gasteiger partial charge >= 0.3 is 0 Å². The molecule has 1 N–H and O–H groups in total. The molecule has 1 atom stereocenters. The molecular weight excluding hydrogens is 218 g/mol. The van der Waals surface area contributed by atoms with E-state index in [1.54, 1.807) is 0 Å². The third-order valence-electron chi connectivity index (χ3n) is 3.95. The van der Waals surface area contributed by atoms with E-state index in [1.807, 2.05) is 0 Å². The molecule has 0 saturated heterocycles. The number of nitrogens with one attached hydrogen (secondary N) is 1. The lowest BCUT2D eigenvalue weighted by atomic mass is 9.91. The number of hydrogen-bond acceptors (Lipinski definition) is 1. The van der Waals surface area contributed by atoms with Crippen LogP contribution >= 0.6 is 0 Å². The zero-order valence-electron chi connectivity index (χ0n) is 11.9. The van der Waals surface area contributed by atoms with E-state index in [1.165, 1.54) is 44.1 Å². The van der Waals surface area contributed by atoms with Crippen molar-refractivity contribution in [3.63, 3.8) is 0 Å². The normalized spacial score (nSPS) is 19.1. The molecule has 1 saturated carbocycles. The summed E-state index contributed by atoms with van der Waals surface area (Å²) in [5, 5.41) is 3.90. The van der Waals surface area contributed by atoms with Gasteiger partial charge in [-0.15, -0.1) is 0 Å². The molecule has 100 valence electrons. The molecule has 1 heteroatoms. The number of rotatable bonds is 5. The first kappa shape index (κ1) is 13.6. The first-order chi connectivity index (χ1) is 8.75. The summed E-state index contributed by atoms with van der Waals surface area (Å²) in [6.45, 7) is 4.64. The molecule has 0 aliphatic heterocycles. The van der Waals surface area contributed by atoms with Crippen molar-refractivity contribution in [2.45, 2.75) is 64.5 Å². The minimum atomic E-state index is 0.536. The molecule has 0 spiro atoms. The van der Waals surface area contributed by atoms with Crippen LogP contribution in [0.1, 0.15) is 64.0 Å². The van der Waals surface area contributed by atoms with E-state index in [-0.39, 0.29) is 0 Å². The third-order valence-corrected chi connectivity index (χ3v) is 3.95. The Hall–Kier alpha value is -0.820. The summed E-state index contributed by atoms with van der Waals surface area (Å²) in [6, 6.07) is 12.2. The van der Waals surface area contributed by atoms with E-state index in [2.05, 4.69) is 49.5 Å². The van der Waals surface area contributed by atoms with Gasteiger partial charge in [-0.25, -0.2) is 0 Å². The van der Waals surface area contributed by atoms with Gasteiger partial charge in [-0.3, -0.25) is 0 Å². The molecule has 1 nitrogen and oxygen atoms in total. The molecule has 1 fully saturated rings. The van der Waals surface area contributed by atoms with Gasteiger partial charge in [0.05, 0.1) is 0 Å². The molecule has 0 heterocycles. The molecule has 18 heavy (non-hydrogen) atoms. The highest BCUT2D eigenvalue weighted by molar-refractivity contribution is 5.19. The van der Waals surface area contributed by atoms with E-state index in [0.717, 1.165) is 12.0 Å². The van der Waals surface area contributed by atoms with Gasteiger partial charge in [0, 0.05) is 12.1 Å². The van der Waals surface area contributed by atoms with Gasteiger partial charge in [0.15, 0.2) is 0 Å². The fourth-order valence-corrected chi connectivity index (χ4v) is 3.01. The highest BCUT2D eigenvalue weighted by Crippen LogP contribution is 2.25. The predicted molar refractivity (Wildman–Crippen MR) is 78.6 cm³/mol. The van der Waals surface area contributed by atoms with Crippen molar-refractivity contribution < 1.29 is 0 Å². The molecule has 0 bridgehead atoms. The van der Waals surface area contributed by atoms with Gasteiger partial charge in [-0.05, 0) is 30.7 Å². The zero-order valence-corrected chi connectivity index (χ0v) is 11.9. The summed E-state index contributed by atoms with van der Waals surface area (Å²) in [5.74, 6) is 0.742. The Bertz CT molecular complexity index is 325. The summed E-state index contributed by atoms with van der Waals surface area (Å²) in [4.78, 5) is 0. The zero-order chi connectivity index (χ0) is 12.8. The second kappa shape index (κ2) is 6.94. The van der Waals surface area contributed by atoms with Crippen LogP contribution in [0.25, 0.3) is 0 Å². The van der Waals surface area contributed by atoms with E-state index >= 15 is 0 Å². The standard InChI is InChI=1S/C17H27N/c1-14(2)13-17(15-9-5-3-6-10-15)18-16-11-7-4-8-12-16/h3,5-6,9-10,14,16-18H,4,7-8,11-13H2,1-2H3. The van der Waals surface area contributed by atoms with Crippen LogP contribution in [0.3, 0.4) is 0 Å². The smallest absolute Gasteiger partial charge is 0.0325 e. The molecule has 2 rings (SSSR count). The second-order valence-electron chi connectivity index (χ2n) is 6.09. The third kappa shape index (κ3) is 4.13. The summed E-state index contributed by atoms with van der Waals surface area (Å²) in [6.07, 6.45) is 8.20. The van der Waals surface area contributed by atoms with Crippen molar-refractivity contribution in [3.05, 3.63) is 35.9 Å². The van der Waals surface area contributed by atoms with Gasteiger partial charge in [-0.1, -0.05) is 63.4 Å². The van der Waals surface area contributed by atoms with Crippen LogP contribution in [0.5, 0.6) is 0 Å². The Morgan fingerprint density at radius 1 is 1.06 bits per heavy atom. The largest absolute Gasteiger partial charge is 0.307 e. The molecule has 1 aliphatic rings. The van der Waals surface area contributed by atoms with Crippen molar-refractivity contribution in [3.8, 4) is 0 Å². The number of benzene rings is 1. The monoisotopic (exact) mass is 245 g/mol. The lowest BCUT2D eigenvalue weighted by molar-refractivity contribution is 0.314. The van der Waals surface area contributed by atoms with Crippen LogP contribution in [0.4, 0.5) is 0 Å². The summed E-state index contributed by atoms with van der Waals surface area (Å²) in [5.41, 5.74) is 1.46. The van der Waals surface area contributed by atoms with Crippen LogP contribution in [0, 0.1) is 5.92 Å². The first-order valence-corrected chi connectivity index (χ1v) is 7.56. The lowest BCUT2D eigenvalue weighted by Crippen LogP contribution is -2.35. The van der Waals surface area contributed by atoms with Crippen molar-refractivity contribution in [1.82, 2.24) is 5.32 Å². The Kier molecular flexibility index (Phi) is 5.25. The van der Waals surface area contributed by atoms with Crippen LogP contribution in [-0.4, -0.2) is 6.04 Å². The Morgan fingerprint density at radius 3 is 2.33 bits per heavy atom. The van der Waals surface area contributed by atoms with Gasteiger partial charge in [0.2, 0.25) is 0 Å². The quantitative estimate of drug-likeness (QED) is 0.793. The molecule has 1 aromatic carbocycles. The fraction of sp³-hybridized carbons (Fsp3) is 0.647. The van der Waals surface area contributed by atoms with Crippen molar-refractivity contribution in [2.24, 2.45) is 5.92 Å². The summed E-state index contributed by atoms with van der Waals surface area (Å²) >= 11 is 0. The molecular formula is C17H27N. The Morgan fingerprint density at radius 2 is 1.72 bits per heavy atom. The van der Waals surface area contributed by atoms with E-state index in [4.69, 9.17) is 0 Å². The topological polar surface area (TPSA) is 12.0 Å². The maximum Gasteiger partial charge on any atom is 0.0325 e. The van der Waals surface area contributed by atoms with Crippen molar-refractivity contribution in [1.29, 1.82) is 0 Å². The minimum absolute atomic E-state index is 0.536. The van der Waals surface area contributed by atoms with Crippen LogP contribution in [-0.2, 0) is 0 Å². The maximum absolute atomic E-state index is 3.90. The average Bonchev–Trinajstić information content (AvgIpc) is 2.40. The SMILES string of the molecule is CC(C)CC(NC1CCCCC1)c1ccccc1. The van der Waals surface area contributed by atoms with E-state index in [9.17, 15) is 0 Å². The molecule has 0 amide bonds. The van der Waals surface area contributed by atoms with E-state index < -0.39 is 0 Å². The fourth-order valence-electron chi connectivity index (χ4n) is 3.01. The first-order valence-electron chi connectivity index (χ1n) is 7.56. The summed E-state index contributed by atoms with van der Waals surface area (Å²) < 4.78 is 0. The lowest BCUT2D eigenvalue weighted by Gasteiger charge is -2.30. The average molecular weight is 245 g/mol. The van der Waals surface area contributed by atoms with Gasteiger partial charge < -0.3 is 5.32 Å². The predicted octanol–water partition coefficient (Wildman–Crippen LogP) is 4.70. The summed E-state index contributed by atoms with van der Waals surface area (Å²) in [7, 11) is 0.